The van der Waals surface area contributed by atoms with E-state index in [1.54, 1.807) is 0 Å². The Kier molecular flexibility index (Phi) is 5.75. The van der Waals surface area contributed by atoms with E-state index in [0.717, 1.165) is 19.6 Å². The molecule has 3 heteroatoms. The van der Waals surface area contributed by atoms with Crippen molar-refractivity contribution in [1.29, 1.82) is 0 Å². The quantitative estimate of drug-likeness (QED) is 0.769. The number of benzene rings is 1. The van der Waals surface area contributed by atoms with Gasteiger partial charge in [0.1, 0.15) is 0 Å². The van der Waals surface area contributed by atoms with Crippen LogP contribution in [0, 0.1) is 13.8 Å². The molecule has 0 N–H and O–H groups in total. The zero-order valence-electron chi connectivity index (χ0n) is 15.9. The van der Waals surface area contributed by atoms with Gasteiger partial charge >= 0.3 is 0 Å². The van der Waals surface area contributed by atoms with E-state index in [2.05, 4.69) is 66.8 Å². The largest absolute Gasteiger partial charge is 0.304 e. The van der Waals surface area contributed by atoms with Crippen LogP contribution in [0.1, 0.15) is 35.6 Å². The van der Waals surface area contributed by atoms with E-state index in [4.69, 9.17) is 0 Å². The predicted molar refractivity (Wildman–Crippen MR) is 102 cm³/mol. The second kappa shape index (κ2) is 7.81. The highest BCUT2D eigenvalue weighted by molar-refractivity contribution is 5.38. The molecular formula is C21H33N3. The number of rotatable bonds is 5. The molecule has 2 aliphatic heterocycles. The van der Waals surface area contributed by atoms with E-state index in [0.29, 0.717) is 6.04 Å². The fourth-order valence-corrected chi connectivity index (χ4v) is 3.99. The van der Waals surface area contributed by atoms with Crippen LogP contribution < -0.4 is 0 Å². The maximum absolute atomic E-state index is 2.61. The summed E-state index contributed by atoms with van der Waals surface area (Å²) in [5.41, 5.74) is 5.94. The monoisotopic (exact) mass is 327 g/mol. The van der Waals surface area contributed by atoms with Crippen molar-refractivity contribution in [3.63, 3.8) is 0 Å². The molecule has 0 aromatic heterocycles. The van der Waals surface area contributed by atoms with E-state index in [1.807, 2.05) is 0 Å². The Morgan fingerprint density at radius 3 is 2.33 bits per heavy atom. The summed E-state index contributed by atoms with van der Waals surface area (Å²) in [6.45, 7) is 14.9. The molecule has 0 spiro atoms. The molecule has 3 nitrogen and oxygen atoms in total. The standard InChI is InChI=1S/C21H33N3/c1-5-21-7-6-8-24(21)16-20-14-17(2)13-19(18(20)3)15-23-11-9-22(4)10-12-23/h6-7,13-14,21H,5,8-12,15-16H2,1-4H3. The SMILES string of the molecule is CCC1C=CCN1Cc1cc(C)cc(CN2CCN(C)CC2)c1C. The van der Waals surface area contributed by atoms with Gasteiger partial charge in [-0.2, -0.15) is 0 Å². The average Bonchev–Trinajstić information content (AvgIpc) is 3.01. The van der Waals surface area contributed by atoms with Crippen LogP contribution in [0.25, 0.3) is 0 Å². The molecule has 0 saturated carbocycles. The van der Waals surface area contributed by atoms with Crippen molar-refractivity contribution in [2.45, 2.75) is 46.3 Å². The van der Waals surface area contributed by atoms with Gasteiger partial charge in [-0.25, -0.2) is 0 Å². The van der Waals surface area contributed by atoms with Gasteiger partial charge in [-0.3, -0.25) is 9.80 Å². The first-order valence-electron chi connectivity index (χ1n) is 9.47. The first-order chi connectivity index (χ1) is 11.6. The maximum Gasteiger partial charge on any atom is 0.0282 e. The summed E-state index contributed by atoms with van der Waals surface area (Å²) in [5, 5.41) is 0. The second-order valence-electron chi connectivity index (χ2n) is 7.62. The maximum atomic E-state index is 2.61. The molecule has 132 valence electrons. The Hall–Kier alpha value is -1.16. The smallest absolute Gasteiger partial charge is 0.0282 e. The average molecular weight is 328 g/mol. The zero-order chi connectivity index (χ0) is 17.1. The van der Waals surface area contributed by atoms with Crippen LogP contribution in [-0.4, -0.2) is 60.5 Å². The molecule has 0 bridgehead atoms. The van der Waals surface area contributed by atoms with Crippen LogP contribution in [-0.2, 0) is 13.1 Å². The highest BCUT2D eigenvalue weighted by Crippen LogP contribution is 2.23. The van der Waals surface area contributed by atoms with Gasteiger partial charge in [-0.1, -0.05) is 36.8 Å². The topological polar surface area (TPSA) is 9.72 Å². The lowest BCUT2D eigenvalue weighted by Crippen LogP contribution is -2.44. The summed E-state index contributed by atoms with van der Waals surface area (Å²) >= 11 is 0. The van der Waals surface area contributed by atoms with Crippen molar-refractivity contribution in [2.75, 3.05) is 39.8 Å². The van der Waals surface area contributed by atoms with Gasteiger partial charge in [0, 0.05) is 51.9 Å². The van der Waals surface area contributed by atoms with Crippen LogP contribution in [0.15, 0.2) is 24.3 Å². The second-order valence-corrected chi connectivity index (χ2v) is 7.62. The minimum atomic E-state index is 0.617. The van der Waals surface area contributed by atoms with Gasteiger partial charge in [0.2, 0.25) is 0 Å². The van der Waals surface area contributed by atoms with Crippen LogP contribution in [0.3, 0.4) is 0 Å². The Balaban J connectivity index is 1.72. The van der Waals surface area contributed by atoms with Gasteiger partial charge in [0.15, 0.2) is 0 Å². The molecule has 2 heterocycles. The highest BCUT2D eigenvalue weighted by Gasteiger charge is 2.20. The lowest BCUT2D eigenvalue weighted by molar-refractivity contribution is 0.148. The van der Waals surface area contributed by atoms with Crippen LogP contribution >= 0.6 is 0 Å². The highest BCUT2D eigenvalue weighted by atomic mass is 15.2. The van der Waals surface area contributed by atoms with E-state index >= 15 is 0 Å². The van der Waals surface area contributed by atoms with E-state index in [1.165, 1.54) is 54.9 Å². The van der Waals surface area contributed by atoms with Gasteiger partial charge in [0.05, 0.1) is 0 Å². The molecule has 0 radical (unpaired) electrons. The van der Waals surface area contributed by atoms with E-state index in [-0.39, 0.29) is 0 Å². The summed E-state index contributed by atoms with van der Waals surface area (Å²) in [7, 11) is 2.22. The fourth-order valence-electron chi connectivity index (χ4n) is 3.99. The van der Waals surface area contributed by atoms with Crippen molar-refractivity contribution >= 4 is 0 Å². The third kappa shape index (κ3) is 4.08. The molecule has 2 aliphatic rings. The van der Waals surface area contributed by atoms with Crippen molar-refractivity contribution in [2.24, 2.45) is 0 Å². The Labute approximate surface area is 147 Å². The molecular weight excluding hydrogens is 294 g/mol. The number of hydrogen-bond acceptors (Lipinski definition) is 3. The number of hydrogen-bond donors (Lipinski definition) is 0. The molecule has 0 aliphatic carbocycles. The molecule has 1 aromatic carbocycles. The number of likely N-dealkylation sites (N-methyl/N-ethyl adjacent to an activating group) is 1. The van der Waals surface area contributed by atoms with Gasteiger partial charge in [-0.15, -0.1) is 0 Å². The minimum Gasteiger partial charge on any atom is -0.304 e. The summed E-state index contributed by atoms with van der Waals surface area (Å²) in [6, 6.07) is 5.41. The van der Waals surface area contributed by atoms with Crippen molar-refractivity contribution in [3.05, 3.63) is 46.5 Å². The van der Waals surface area contributed by atoms with Gasteiger partial charge < -0.3 is 4.90 Å². The molecule has 0 amide bonds. The number of piperazine rings is 1. The first kappa shape index (κ1) is 17.7. The van der Waals surface area contributed by atoms with Crippen molar-refractivity contribution in [3.8, 4) is 0 Å². The molecule has 1 atom stereocenters. The van der Waals surface area contributed by atoms with E-state index < -0.39 is 0 Å². The number of aryl methyl sites for hydroxylation is 1. The molecule has 24 heavy (non-hydrogen) atoms. The summed E-state index contributed by atoms with van der Waals surface area (Å²) in [5.74, 6) is 0. The van der Waals surface area contributed by atoms with Crippen molar-refractivity contribution < 1.29 is 0 Å². The van der Waals surface area contributed by atoms with Gasteiger partial charge in [0.25, 0.3) is 0 Å². The molecule has 1 fully saturated rings. The van der Waals surface area contributed by atoms with Gasteiger partial charge in [-0.05, 0) is 44.0 Å². The van der Waals surface area contributed by atoms with Crippen LogP contribution in [0.4, 0.5) is 0 Å². The fraction of sp³-hybridized carbons (Fsp3) is 0.619. The molecule has 1 aromatic rings. The van der Waals surface area contributed by atoms with Crippen molar-refractivity contribution in [1.82, 2.24) is 14.7 Å². The lowest BCUT2D eigenvalue weighted by atomic mass is 9.97. The molecule has 3 rings (SSSR count). The predicted octanol–water partition coefficient (Wildman–Crippen LogP) is 3.20. The Morgan fingerprint density at radius 1 is 1.00 bits per heavy atom. The molecule has 1 unspecified atom stereocenters. The number of nitrogens with zero attached hydrogens (tertiary/aromatic N) is 3. The van der Waals surface area contributed by atoms with Crippen LogP contribution in [0.2, 0.25) is 0 Å². The Bertz CT molecular complexity index is 585. The zero-order valence-corrected chi connectivity index (χ0v) is 15.9. The van der Waals surface area contributed by atoms with E-state index in [9.17, 15) is 0 Å². The Morgan fingerprint density at radius 2 is 1.67 bits per heavy atom. The van der Waals surface area contributed by atoms with Crippen LogP contribution in [0.5, 0.6) is 0 Å². The summed E-state index contributed by atoms with van der Waals surface area (Å²) < 4.78 is 0. The summed E-state index contributed by atoms with van der Waals surface area (Å²) in [6.07, 6.45) is 5.90. The molecule has 1 saturated heterocycles. The first-order valence-corrected chi connectivity index (χ1v) is 9.47. The third-order valence-corrected chi connectivity index (χ3v) is 5.72. The lowest BCUT2D eigenvalue weighted by Gasteiger charge is -2.33. The minimum absolute atomic E-state index is 0.617. The summed E-state index contributed by atoms with van der Waals surface area (Å²) in [4.78, 5) is 7.63. The normalized spacial score (nSPS) is 23.2. The third-order valence-electron chi connectivity index (χ3n) is 5.72.